The second kappa shape index (κ2) is 10.9. The minimum atomic E-state index is -0.717. The minimum Gasteiger partial charge on any atom is -0.390 e. The molecule has 2 amide bonds. The Hall–Kier alpha value is -3.62. The van der Waals surface area contributed by atoms with Crippen molar-refractivity contribution in [1.82, 2.24) is 15.5 Å². The van der Waals surface area contributed by atoms with E-state index in [9.17, 15) is 14.7 Å². The van der Waals surface area contributed by atoms with E-state index < -0.39 is 11.1 Å². The number of aliphatic hydroxyl groups is 1. The van der Waals surface area contributed by atoms with Crippen LogP contribution in [0.1, 0.15) is 64.4 Å². The van der Waals surface area contributed by atoms with Gasteiger partial charge in [-0.15, -0.1) is 10.2 Å². The molecular weight excluding hydrogens is 490 g/mol. The highest BCUT2D eigenvalue weighted by Crippen LogP contribution is 2.46. The van der Waals surface area contributed by atoms with Gasteiger partial charge in [0.15, 0.2) is 5.82 Å². The summed E-state index contributed by atoms with van der Waals surface area (Å²) in [5.41, 5.74) is 9.74. The number of anilines is 1. The number of carbonyl (C=O) groups excluding carboxylic acids is 2. The highest BCUT2D eigenvalue weighted by molar-refractivity contribution is 5.91. The molecule has 1 aromatic heterocycles. The van der Waals surface area contributed by atoms with Gasteiger partial charge in [0.05, 0.1) is 5.60 Å². The molecule has 2 saturated carbocycles. The Bertz CT molecular complexity index is 1320. The molecule has 0 atom stereocenters. The van der Waals surface area contributed by atoms with Crippen molar-refractivity contribution in [3.63, 3.8) is 0 Å². The van der Waals surface area contributed by atoms with Gasteiger partial charge in [-0.3, -0.25) is 9.59 Å². The largest absolute Gasteiger partial charge is 0.390 e. The molecule has 0 radical (unpaired) electrons. The zero-order chi connectivity index (χ0) is 27.6. The zero-order valence-electron chi connectivity index (χ0n) is 22.6. The second-order valence-electron chi connectivity index (χ2n) is 11.6. The lowest BCUT2D eigenvalue weighted by Crippen LogP contribution is -2.58. The fourth-order valence-electron chi connectivity index (χ4n) is 6.23. The number of benzene rings is 2. The molecular formula is C31H37N5O3. The van der Waals surface area contributed by atoms with Crippen LogP contribution in [-0.4, -0.2) is 38.8 Å². The number of amides is 2. The number of aromatic nitrogens is 2. The van der Waals surface area contributed by atoms with Gasteiger partial charge in [-0.25, -0.2) is 0 Å². The molecule has 1 heterocycles. The van der Waals surface area contributed by atoms with Crippen LogP contribution in [0.2, 0.25) is 0 Å². The van der Waals surface area contributed by atoms with E-state index in [0.29, 0.717) is 36.7 Å². The molecule has 0 saturated heterocycles. The Morgan fingerprint density at radius 2 is 1.64 bits per heavy atom. The van der Waals surface area contributed by atoms with Crippen LogP contribution in [0.3, 0.4) is 0 Å². The van der Waals surface area contributed by atoms with Crippen LogP contribution in [0.15, 0.2) is 60.7 Å². The maximum Gasteiger partial charge on any atom is 0.225 e. The first-order valence-corrected chi connectivity index (χ1v) is 13.7. The quantitative estimate of drug-likeness (QED) is 0.357. The van der Waals surface area contributed by atoms with Gasteiger partial charge in [0.2, 0.25) is 11.8 Å². The first-order chi connectivity index (χ1) is 18.6. The number of rotatable bonds is 7. The predicted octanol–water partition coefficient (Wildman–Crippen LogP) is 4.53. The second-order valence-corrected chi connectivity index (χ2v) is 11.6. The SMILES string of the molecule is CC(=O)NC1CCC(CC(=O)Nc2cc(-c3ccccc3)c(-c3ccc([C@]4(N)C[C@](C)(O)C4)cc3)nn2)CC1. The molecule has 0 aliphatic heterocycles. The van der Waals surface area contributed by atoms with Crippen LogP contribution in [0, 0.1) is 5.92 Å². The molecule has 8 nitrogen and oxygen atoms in total. The summed E-state index contributed by atoms with van der Waals surface area (Å²) in [5, 5.41) is 25.0. The molecule has 204 valence electrons. The number of nitrogens with zero attached hydrogens (tertiary/aromatic N) is 2. The van der Waals surface area contributed by atoms with Gasteiger partial charge >= 0.3 is 0 Å². The van der Waals surface area contributed by atoms with E-state index in [1.54, 1.807) is 6.92 Å². The van der Waals surface area contributed by atoms with Crippen LogP contribution < -0.4 is 16.4 Å². The molecule has 2 fully saturated rings. The number of nitrogens with one attached hydrogen (secondary N) is 2. The van der Waals surface area contributed by atoms with Gasteiger partial charge in [-0.1, -0.05) is 54.6 Å². The lowest BCUT2D eigenvalue weighted by Gasteiger charge is -2.49. The van der Waals surface area contributed by atoms with Crippen molar-refractivity contribution in [3.05, 3.63) is 66.2 Å². The minimum absolute atomic E-state index is 0.000662. The summed E-state index contributed by atoms with van der Waals surface area (Å²) in [5.74, 6) is 0.635. The van der Waals surface area contributed by atoms with Gasteiger partial charge in [0.1, 0.15) is 5.69 Å². The number of nitrogens with two attached hydrogens (primary N) is 1. The zero-order valence-corrected chi connectivity index (χ0v) is 22.6. The smallest absolute Gasteiger partial charge is 0.225 e. The molecule has 39 heavy (non-hydrogen) atoms. The molecule has 0 bridgehead atoms. The van der Waals surface area contributed by atoms with E-state index >= 15 is 0 Å². The summed E-state index contributed by atoms with van der Waals surface area (Å²) in [6.45, 7) is 3.36. The van der Waals surface area contributed by atoms with E-state index in [-0.39, 0.29) is 17.9 Å². The van der Waals surface area contributed by atoms with Crippen molar-refractivity contribution in [2.45, 2.75) is 76.0 Å². The number of hydrogen-bond acceptors (Lipinski definition) is 6. The molecule has 5 rings (SSSR count). The van der Waals surface area contributed by atoms with E-state index in [2.05, 4.69) is 20.8 Å². The van der Waals surface area contributed by atoms with Crippen molar-refractivity contribution < 1.29 is 14.7 Å². The third kappa shape index (κ3) is 6.34. The average molecular weight is 528 g/mol. The highest BCUT2D eigenvalue weighted by Gasteiger charge is 2.49. The topological polar surface area (TPSA) is 130 Å². The Kier molecular flexibility index (Phi) is 7.51. The maximum absolute atomic E-state index is 12.9. The summed E-state index contributed by atoms with van der Waals surface area (Å²) in [7, 11) is 0. The van der Waals surface area contributed by atoms with E-state index in [4.69, 9.17) is 5.73 Å². The summed E-state index contributed by atoms with van der Waals surface area (Å²) in [6.07, 6.45) is 5.10. The molecule has 2 aliphatic rings. The summed E-state index contributed by atoms with van der Waals surface area (Å²) in [4.78, 5) is 24.2. The molecule has 8 heteroatoms. The first-order valence-electron chi connectivity index (χ1n) is 13.7. The van der Waals surface area contributed by atoms with Crippen LogP contribution in [0.25, 0.3) is 22.4 Å². The van der Waals surface area contributed by atoms with Crippen LogP contribution in [-0.2, 0) is 15.1 Å². The summed E-state index contributed by atoms with van der Waals surface area (Å²) < 4.78 is 0. The van der Waals surface area contributed by atoms with E-state index in [0.717, 1.165) is 47.9 Å². The fourth-order valence-corrected chi connectivity index (χ4v) is 6.23. The van der Waals surface area contributed by atoms with Gasteiger partial charge < -0.3 is 21.5 Å². The Morgan fingerprint density at radius 3 is 2.26 bits per heavy atom. The predicted molar refractivity (Wildman–Crippen MR) is 151 cm³/mol. The van der Waals surface area contributed by atoms with Gasteiger partial charge in [-0.2, -0.15) is 0 Å². The fraction of sp³-hybridized carbons (Fsp3) is 0.419. The Balaban J connectivity index is 1.31. The van der Waals surface area contributed by atoms with Gasteiger partial charge in [0.25, 0.3) is 0 Å². The van der Waals surface area contributed by atoms with Crippen molar-refractivity contribution in [1.29, 1.82) is 0 Å². The van der Waals surface area contributed by atoms with E-state index in [1.807, 2.05) is 67.6 Å². The van der Waals surface area contributed by atoms with E-state index in [1.165, 1.54) is 0 Å². The molecule has 5 N–H and O–H groups in total. The molecule has 2 aromatic carbocycles. The standard InChI is InChI=1S/C31H37N5O3/c1-20(37)33-25-14-8-21(9-15-25)16-28(38)34-27-17-26(22-6-4-3-5-7-22)29(36-35-27)23-10-12-24(13-11-23)31(32)18-30(2,39)19-31/h3-7,10-13,17,21,25,39H,8-9,14-16,18-19,32H2,1-2H3,(H,33,37)(H,34,35,38)/t21?,25?,30-,31-. The van der Waals surface area contributed by atoms with Crippen molar-refractivity contribution in [2.24, 2.45) is 11.7 Å². The maximum atomic E-state index is 12.9. The number of carbonyl (C=O) groups is 2. The number of hydrogen-bond donors (Lipinski definition) is 4. The lowest BCUT2D eigenvalue weighted by molar-refractivity contribution is -0.120. The van der Waals surface area contributed by atoms with Crippen molar-refractivity contribution in [2.75, 3.05) is 5.32 Å². The van der Waals surface area contributed by atoms with Gasteiger partial charge in [-0.05, 0) is 68.6 Å². The summed E-state index contributed by atoms with van der Waals surface area (Å²) in [6, 6.07) is 20.0. The van der Waals surface area contributed by atoms with Crippen LogP contribution in [0.5, 0.6) is 0 Å². The highest BCUT2D eigenvalue weighted by atomic mass is 16.3. The Labute approximate surface area is 229 Å². The molecule has 0 spiro atoms. The van der Waals surface area contributed by atoms with Crippen LogP contribution in [0.4, 0.5) is 5.82 Å². The van der Waals surface area contributed by atoms with Crippen molar-refractivity contribution in [3.8, 4) is 22.4 Å². The normalized spacial score (nSPS) is 26.4. The molecule has 0 unspecified atom stereocenters. The van der Waals surface area contributed by atoms with Crippen molar-refractivity contribution >= 4 is 17.6 Å². The average Bonchev–Trinajstić information content (AvgIpc) is 2.89. The first kappa shape index (κ1) is 27.0. The van der Waals surface area contributed by atoms with Gasteiger partial charge in [0, 0.05) is 36.1 Å². The molecule has 2 aliphatic carbocycles. The monoisotopic (exact) mass is 527 g/mol. The third-order valence-corrected chi connectivity index (χ3v) is 8.00. The lowest BCUT2D eigenvalue weighted by atomic mass is 9.63. The van der Waals surface area contributed by atoms with Crippen LogP contribution >= 0.6 is 0 Å². The summed E-state index contributed by atoms with van der Waals surface area (Å²) >= 11 is 0. The molecule has 3 aromatic rings. The third-order valence-electron chi connectivity index (χ3n) is 8.00. The Morgan fingerprint density at radius 1 is 0.974 bits per heavy atom.